The highest BCUT2D eigenvalue weighted by Crippen LogP contribution is 2.30. The Labute approximate surface area is 108 Å². The van der Waals surface area contributed by atoms with E-state index in [1.54, 1.807) is 13.2 Å². The molecule has 98 valence electrons. The third-order valence-corrected chi connectivity index (χ3v) is 2.57. The first-order valence-corrected chi connectivity index (χ1v) is 6.09. The van der Waals surface area contributed by atoms with Crippen LogP contribution in [0.15, 0.2) is 12.1 Å². The van der Waals surface area contributed by atoms with Crippen LogP contribution in [0.25, 0.3) is 0 Å². The summed E-state index contributed by atoms with van der Waals surface area (Å²) in [5.41, 5.74) is 0.610. The highest BCUT2D eigenvalue weighted by Gasteiger charge is 2.10. The summed E-state index contributed by atoms with van der Waals surface area (Å²) in [7, 11) is 3.04. The lowest BCUT2D eigenvalue weighted by Crippen LogP contribution is -1.96. The lowest BCUT2D eigenvalue weighted by Gasteiger charge is -2.10. The van der Waals surface area contributed by atoms with Crippen molar-refractivity contribution in [3.05, 3.63) is 23.5 Å². The second-order valence-corrected chi connectivity index (χ2v) is 3.90. The maximum atomic E-state index is 13.7. The molecule has 0 spiro atoms. The Hall–Kier alpha value is -1.69. The molecular weight excluding hydrogens is 231 g/mol. The van der Waals surface area contributed by atoms with E-state index < -0.39 is 0 Å². The van der Waals surface area contributed by atoms with Gasteiger partial charge in [-0.3, -0.25) is 0 Å². The summed E-state index contributed by atoms with van der Waals surface area (Å²) < 4.78 is 23.9. The maximum Gasteiger partial charge on any atom is 0.163 e. The minimum Gasteiger partial charge on any atom is -0.493 e. The number of halogens is 1. The van der Waals surface area contributed by atoms with E-state index in [-0.39, 0.29) is 5.82 Å². The van der Waals surface area contributed by atoms with E-state index in [0.29, 0.717) is 29.9 Å². The minimum atomic E-state index is -0.273. The molecule has 0 aromatic heterocycles. The van der Waals surface area contributed by atoms with Crippen molar-refractivity contribution in [1.29, 1.82) is 0 Å². The predicted molar refractivity (Wildman–Crippen MR) is 70.5 cm³/mol. The van der Waals surface area contributed by atoms with Crippen LogP contribution < -0.4 is 9.47 Å². The highest BCUT2D eigenvalue weighted by molar-refractivity contribution is 5.43. The molecule has 3 heteroatoms. The Morgan fingerprint density at radius 2 is 1.67 bits per heavy atom. The van der Waals surface area contributed by atoms with E-state index in [1.165, 1.54) is 13.2 Å². The van der Waals surface area contributed by atoms with Gasteiger partial charge in [-0.05, 0) is 24.5 Å². The summed E-state index contributed by atoms with van der Waals surface area (Å²) in [5.74, 6) is 6.78. The van der Waals surface area contributed by atoms with E-state index in [0.717, 1.165) is 12.8 Å². The van der Waals surface area contributed by atoms with Gasteiger partial charge in [-0.1, -0.05) is 6.92 Å². The van der Waals surface area contributed by atoms with Gasteiger partial charge in [0, 0.05) is 18.9 Å². The zero-order valence-corrected chi connectivity index (χ0v) is 11.2. The molecule has 0 heterocycles. The summed E-state index contributed by atoms with van der Waals surface area (Å²) >= 11 is 0. The fraction of sp³-hybridized carbons (Fsp3) is 0.467. The van der Waals surface area contributed by atoms with Crippen molar-refractivity contribution in [2.75, 3.05) is 14.2 Å². The number of benzene rings is 1. The van der Waals surface area contributed by atoms with Gasteiger partial charge in [0.05, 0.1) is 14.2 Å². The fourth-order valence-corrected chi connectivity index (χ4v) is 1.59. The Morgan fingerprint density at radius 1 is 1.06 bits per heavy atom. The van der Waals surface area contributed by atoms with Crippen molar-refractivity contribution in [2.24, 2.45) is 0 Å². The molecule has 0 atom stereocenters. The molecule has 0 radical (unpaired) electrons. The SMILES string of the molecule is CCCC#CCCc1cc(OC)c(OC)cc1F. The number of methoxy groups -OCH3 is 2. The average Bonchev–Trinajstić information content (AvgIpc) is 2.39. The predicted octanol–water partition coefficient (Wildman–Crippen LogP) is 3.58. The van der Waals surface area contributed by atoms with Gasteiger partial charge in [0.2, 0.25) is 0 Å². The van der Waals surface area contributed by atoms with E-state index in [1.807, 2.05) is 0 Å². The van der Waals surface area contributed by atoms with Gasteiger partial charge in [-0.15, -0.1) is 11.8 Å². The van der Waals surface area contributed by atoms with Crippen LogP contribution in [0.5, 0.6) is 11.5 Å². The molecule has 0 saturated carbocycles. The van der Waals surface area contributed by atoms with Crippen LogP contribution in [-0.4, -0.2) is 14.2 Å². The fourth-order valence-electron chi connectivity index (χ4n) is 1.59. The summed E-state index contributed by atoms with van der Waals surface area (Å²) in [5, 5.41) is 0. The number of rotatable bonds is 5. The van der Waals surface area contributed by atoms with Gasteiger partial charge < -0.3 is 9.47 Å². The Balaban J connectivity index is 2.74. The zero-order valence-electron chi connectivity index (χ0n) is 11.2. The minimum absolute atomic E-state index is 0.273. The van der Waals surface area contributed by atoms with Crippen molar-refractivity contribution < 1.29 is 13.9 Å². The van der Waals surface area contributed by atoms with Crippen molar-refractivity contribution in [2.45, 2.75) is 32.6 Å². The summed E-state index contributed by atoms with van der Waals surface area (Å²) in [4.78, 5) is 0. The highest BCUT2D eigenvalue weighted by atomic mass is 19.1. The van der Waals surface area contributed by atoms with E-state index in [2.05, 4.69) is 18.8 Å². The normalized spacial score (nSPS) is 9.56. The molecule has 0 bridgehead atoms. The van der Waals surface area contributed by atoms with Gasteiger partial charge >= 0.3 is 0 Å². The summed E-state index contributed by atoms with van der Waals surface area (Å²) in [6.45, 7) is 2.09. The van der Waals surface area contributed by atoms with Crippen LogP contribution >= 0.6 is 0 Å². The van der Waals surface area contributed by atoms with Crippen molar-refractivity contribution >= 4 is 0 Å². The van der Waals surface area contributed by atoms with Crippen molar-refractivity contribution in [3.63, 3.8) is 0 Å². The molecule has 1 aromatic rings. The molecular formula is C15H19FO2. The van der Waals surface area contributed by atoms with Crippen molar-refractivity contribution in [1.82, 2.24) is 0 Å². The van der Waals surface area contributed by atoms with Crippen LogP contribution in [0.1, 0.15) is 31.7 Å². The number of unbranched alkanes of at least 4 members (excludes halogenated alkanes) is 1. The summed E-state index contributed by atoms with van der Waals surface area (Å²) in [6, 6.07) is 3.03. The lowest BCUT2D eigenvalue weighted by atomic mass is 10.1. The molecule has 18 heavy (non-hydrogen) atoms. The topological polar surface area (TPSA) is 18.5 Å². The van der Waals surface area contributed by atoms with Crippen LogP contribution in [0.4, 0.5) is 4.39 Å². The first-order chi connectivity index (χ1) is 8.72. The van der Waals surface area contributed by atoms with Gasteiger partial charge in [0.15, 0.2) is 11.5 Å². The second kappa shape index (κ2) is 7.60. The summed E-state index contributed by atoms with van der Waals surface area (Å²) in [6.07, 6.45) is 3.20. The molecule has 0 saturated heterocycles. The molecule has 0 aliphatic heterocycles. The number of ether oxygens (including phenoxy) is 2. The van der Waals surface area contributed by atoms with Crippen LogP contribution in [0.3, 0.4) is 0 Å². The van der Waals surface area contributed by atoms with E-state index in [9.17, 15) is 4.39 Å². The van der Waals surface area contributed by atoms with Crippen LogP contribution in [-0.2, 0) is 6.42 Å². The lowest BCUT2D eigenvalue weighted by molar-refractivity contribution is 0.351. The van der Waals surface area contributed by atoms with Crippen molar-refractivity contribution in [3.8, 4) is 23.3 Å². The average molecular weight is 250 g/mol. The van der Waals surface area contributed by atoms with Gasteiger partial charge in [0.1, 0.15) is 5.82 Å². The number of hydrogen-bond acceptors (Lipinski definition) is 2. The standard InChI is InChI=1S/C15H19FO2/c1-4-5-6-7-8-9-12-10-14(17-2)15(18-3)11-13(12)16/h10-11H,4-5,8-9H2,1-3H3. The van der Waals surface area contributed by atoms with E-state index >= 15 is 0 Å². The third kappa shape index (κ3) is 3.96. The molecule has 1 rings (SSSR count). The smallest absolute Gasteiger partial charge is 0.163 e. The Bertz CT molecular complexity index is 444. The van der Waals surface area contributed by atoms with Gasteiger partial charge in [-0.25, -0.2) is 4.39 Å². The first kappa shape index (κ1) is 14.4. The monoisotopic (exact) mass is 250 g/mol. The quantitative estimate of drug-likeness (QED) is 0.744. The zero-order chi connectivity index (χ0) is 13.4. The first-order valence-electron chi connectivity index (χ1n) is 6.09. The molecule has 0 amide bonds. The maximum absolute atomic E-state index is 13.7. The molecule has 1 aromatic carbocycles. The molecule has 0 unspecified atom stereocenters. The molecule has 0 fully saturated rings. The number of aryl methyl sites for hydroxylation is 1. The van der Waals surface area contributed by atoms with Gasteiger partial charge in [-0.2, -0.15) is 0 Å². The van der Waals surface area contributed by atoms with E-state index in [4.69, 9.17) is 9.47 Å². The third-order valence-electron chi connectivity index (χ3n) is 2.57. The Morgan fingerprint density at radius 3 is 2.28 bits per heavy atom. The van der Waals surface area contributed by atoms with Crippen LogP contribution in [0.2, 0.25) is 0 Å². The Kier molecular flexibility index (Phi) is 6.07. The molecule has 0 N–H and O–H groups in total. The largest absolute Gasteiger partial charge is 0.493 e. The van der Waals surface area contributed by atoms with Gasteiger partial charge in [0.25, 0.3) is 0 Å². The molecule has 0 aliphatic rings. The second-order valence-electron chi connectivity index (χ2n) is 3.90. The molecule has 2 nitrogen and oxygen atoms in total. The molecule has 0 aliphatic carbocycles. The number of hydrogen-bond donors (Lipinski definition) is 0. The van der Waals surface area contributed by atoms with Crippen LogP contribution in [0, 0.1) is 17.7 Å².